The van der Waals surface area contributed by atoms with Crippen molar-refractivity contribution < 1.29 is 13.3 Å². The first-order valence-electron chi connectivity index (χ1n) is 3.66. The molecule has 7 heteroatoms. The van der Waals surface area contributed by atoms with E-state index in [9.17, 15) is 4.21 Å². The monoisotopic (exact) mass is 235 g/mol. The van der Waals surface area contributed by atoms with E-state index >= 15 is 0 Å². The van der Waals surface area contributed by atoms with Gasteiger partial charge in [-0.3, -0.25) is 9.11 Å². The lowest BCUT2D eigenvalue weighted by molar-refractivity contribution is 0.450. The maximum absolute atomic E-state index is 10.5. The highest BCUT2D eigenvalue weighted by molar-refractivity contribution is 8.33. The number of benzene rings is 1. The molecule has 0 saturated heterocycles. The van der Waals surface area contributed by atoms with Crippen molar-refractivity contribution in [3.63, 3.8) is 0 Å². The molecule has 0 aliphatic heterocycles. The zero-order valence-corrected chi connectivity index (χ0v) is 8.85. The Hall–Kier alpha value is -0.890. The van der Waals surface area contributed by atoms with Gasteiger partial charge in [-0.25, -0.2) is 0 Å². The van der Waals surface area contributed by atoms with Crippen molar-refractivity contribution in [1.29, 1.82) is 0 Å². The third-order valence-electron chi connectivity index (χ3n) is 1.53. The summed E-state index contributed by atoms with van der Waals surface area (Å²) in [5, 5.41) is 0. The van der Waals surface area contributed by atoms with Crippen molar-refractivity contribution in [1.82, 2.24) is 0 Å². The van der Waals surface area contributed by atoms with Crippen LogP contribution in [0.15, 0.2) is 18.2 Å². The zero-order valence-electron chi connectivity index (χ0n) is 7.21. The summed E-state index contributed by atoms with van der Waals surface area (Å²) in [6.07, 6.45) is 0. The fourth-order valence-corrected chi connectivity index (χ4v) is 2.20. The van der Waals surface area contributed by atoms with Gasteiger partial charge in [0.2, 0.25) is 5.75 Å². The van der Waals surface area contributed by atoms with Crippen LogP contribution >= 0.6 is 0 Å². The van der Waals surface area contributed by atoms with E-state index in [1.807, 2.05) is 0 Å². The lowest BCUT2D eigenvalue weighted by atomic mass is 10.2. The second kappa shape index (κ2) is 4.09. The van der Waals surface area contributed by atoms with Gasteiger partial charge >= 0.3 is 9.05 Å². The maximum atomic E-state index is 10.5. The van der Waals surface area contributed by atoms with Crippen molar-refractivity contribution in [2.24, 2.45) is 0 Å². The molecule has 0 saturated carbocycles. The number of hydrogen-bond donors (Lipinski definition) is 4. The summed E-state index contributed by atoms with van der Waals surface area (Å²) in [4.78, 5) is 0. The number of hydrogen-bond acceptors (Lipinski definition) is 3. The van der Waals surface area contributed by atoms with Crippen LogP contribution in [-0.2, 0) is 25.1 Å². The van der Waals surface area contributed by atoms with Gasteiger partial charge in [-0.05, 0) is 12.1 Å². The summed E-state index contributed by atoms with van der Waals surface area (Å²) < 4.78 is 27.7. The van der Waals surface area contributed by atoms with Crippen molar-refractivity contribution in [3.05, 3.63) is 23.8 Å². The topological polar surface area (TPSA) is 110 Å². The van der Waals surface area contributed by atoms with Crippen LogP contribution in [0.1, 0.15) is 5.56 Å². The Bertz CT molecular complexity index is 444. The lowest BCUT2D eigenvalue weighted by Crippen LogP contribution is -1.99. The minimum Gasteiger partial charge on any atom is -0.397 e. The minimum absolute atomic E-state index is 0.205. The molecule has 0 bridgehead atoms. The summed E-state index contributed by atoms with van der Waals surface area (Å²) in [5.74, 6) is 0.205. The average molecular weight is 235 g/mol. The first-order chi connectivity index (χ1) is 6.38. The molecule has 0 amide bonds. The van der Waals surface area contributed by atoms with Crippen LogP contribution in [0.5, 0.6) is 0 Å². The van der Waals surface area contributed by atoms with E-state index in [1.165, 1.54) is 0 Å². The average Bonchev–Trinajstić information content (AvgIpc) is 2.06. The van der Waals surface area contributed by atoms with E-state index in [1.54, 1.807) is 18.2 Å². The van der Waals surface area contributed by atoms with Gasteiger partial charge in [0.25, 0.3) is 10.3 Å². The standard InChI is InChI=1S/C7H10N2O3S2/c8-6-2-1-5(3-7(6)9)4-13-14(10,11)12/h1-3H,4,8-9H2,(H-,10,11,12)/p+1. The van der Waals surface area contributed by atoms with Gasteiger partial charge in [0, 0.05) is 5.56 Å². The van der Waals surface area contributed by atoms with Crippen molar-refractivity contribution >= 4 is 30.7 Å². The highest BCUT2D eigenvalue weighted by atomic mass is 32.9. The normalized spacial score (nSPS) is 11.3. The zero-order chi connectivity index (χ0) is 10.8. The van der Waals surface area contributed by atoms with E-state index in [0.717, 1.165) is 5.56 Å². The maximum Gasteiger partial charge on any atom is 0.430 e. The Morgan fingerprint density at radius 2 is 1.93 bits per heavy atom. The SMILES string of the molecule is Nc1ccc(C[S+]=S(=O)(O)O)cc1N. The largest absolute Gasteiger partial charge is 0.430 e. The highest BCUT2D eigenvalue weighted by Crippen LogP contribution is 2.16. The Morgan fingerprint density at radius 1 is 1.29 bits per heavy atom. The molecule has 0 radical (unpaired) electrons. The molecule has 0 aliphatic rings. The second-order valence-electron chi connectivity index (χ2n) is 2.67. The molecule has 0 aliphatic carbocycles. The Kier molecular flexibility index (Phi) is 3.27. The van der Waals surface area contributed by atoms with Crippen LogP contribution < -0.4 is 11.5 Å². The second-order valence-corrected chi connectivity index (χ2v) is 6.10. The molecule has 14 heavy (non-hydrogen) atoms. The predicted molar refractivity (Wildman–Crippen MR) is 59.7 cm³/mol. The molecule has 0 unspecified atom stereocenters. The smallest absolute Gasteiger partial charge is 0.397 e. The molecule has 0 fully saturated rings. The Labute approximate surface area is 85.4 Å². The number of nitrogen functional groups attached to an aromatic ring is 2. The number of rotatable bonds is 2. The molecular weight excluding hydrogens is 224 g/mol. The number of anilines is 2. The summed E-state index contributed by atoms with van der Waals surface area (Å²) in [7, 11) is -3.21. The molecule has 78 valence electrons. The fraction of sp³-hybridized carbons (Fsp3) is 0.143. The van der Waals surface area contributed by atoms with E-state index in [2.05, 4.69) is 0 Å². The molecule has 1 aromatic carbocycles. The van der Waals surface area contributed by atoms with E-state index < -0.39 is 9.05 Å². The van der Waals surface area contributed by atoms with Crippen molar-refractivity contribution in [2.75, 3.05) is 11.5 Å². The fourth-order valence-electron chi connectivity index (χ4n) is 0.859. The van der Waals surface area contributed by atoms with E-state index in [4.69, 9.17) is 20.6 Å². The van der Waals surface area contributed by atoms with Crippen LogP contribution in [0.25, 0.3) is 0 Å². The Morgan fingerprint density at radius 3 is 2.43 bits per heavy atom. The van der Waals surface area contributed by atoms with Gasteiger partial charge in [0.15, 0.2) is 0 Å². The molecule has 6 N–H and O–H groups in total. The molecular formula is C7H11N2O3S2+. The lowest BCUT2D eigenvalue weighted by Gasteiger charge is -1.98. The first kappa shape index (κ1) is 11.2. The molecule has 0 heterocycles. The third kappa shape index (κ3) is 3.46. The summed E-state index contributed by atoms with van der Waals surface area (Å²) in [5.41, 5.74) is 12.6. The summed E-state index contributed by atoms with van der Waals surface area (Å²) in [6.45, 7) is 0. The minimum atomic E-state index is -3.75. The predicted octanol–water partition coefficient (Wildman–Crippen LogP) is 0.579. The van der Waals surface area contributed by atoms with Crippen LogP contribution in [0, 0.1) is 0 Å². The first-order valence-corrected chi connectivity index (χ1v) is 6.63. The van der Waals surface area contributed by atoms with Crippen LogP contribution in [-0.4, -0.2) is 13.3 Å². The summed E-state index contributed by atoms with van der Waals surface area (Å²) in [6, 6.07) is 4.90. The molecule has 1 aromatic rings. The quantitative estimate of drug-likeness (QED) is 0.443. The molecule has 5 nitrogen and oxygen atoms in total. The molecule has 1 rings (SSSR count). The van der Waals surface area contributed by atoms with Gasteiger partial charge in [-0.2, -0.15) is 4.21 Å². The molecule has 0 aromatic heterocycles. The van der Waals surface area contributed by atoms with Gasteiger partial charge in [0.05, 0.1) is 11.4 Å². The molecule has 0 atom stereocenters. The Balaban J connectivity index is 2.90. The van der Waals surface area contributed by atoms with Crippen molar-refractivity contribution in [3.8, 4) is 0 Å². The van der Waals surface area contributed by atoms with Crippen LogP contribution in [0.3, 0.4) is 0 Å². The van der Waals surface area contributed by atoms with E-state index in [-0.39, 0.29) is 5.75 Å². The van der Waals surface area contributed by atoms with Gasteiger partial charge in [0.1, 0.15) is 0 Å². The van der Waals surface area contributed by atoms with Gasteiger partial charge < -0.3 is 11.5 Å². The summed E-state index contributed by atoms with van der Waals surface area (Å²) >= 11 is 0. The van der Waals surface area contributed by atoms with Crippen molar-refractivity contribution in [2.45, 2.75) is 5.75 Å². The third-order valence-corrected chi connectivity index (χ3v) is 3.56. The highest BCUT2D eigenvalue weighted by Gasteiger charge is 2.11. The van der Waals surface area contributed by atoms with Gasteiger partial charge in [-0.15, -0.1) is 0 Å². The number of nitrogens with two attached hydrogens (primary N) is 2. The van der Waals surface area contributed by atoms with Crippen LogP contribution in [0.4, 0.5) is 11.4 Å². The van der Waals surface area contributed by atoms with Gasteiger partial charge in [-0.1, -0.05) is 6.07 Å². The molecule has 0 spiro atoms. The van der Waals surface area contributed by atoms with Crippen LogP contribution in [0.2, 0.25) is 0 Å². The van der Waals surface area contributed by atoms with E-state index in [0.29, 0.717) is 21.7 Å².